The zero-order valence-corrected chi connectivity index (χ0v) is 24.0. The molecule has 0 aliphatic carbocycles. The van der Waals surface area contributed by atoms with E-state index in [4.69, 9.17) is 14.1 Å². The smallest absolute Gasteiger partial charge is 0.317 e. The number of hydrogen-bond acceptors (Lipinski definition) is 7. The Bertz CT molecular complexity index is 899. The molecule has 37 heavy (non-hydrogen) atoms. The lowest BCUT2D eigenvalue weighted by atomic mass is 9.98. The summed E-state index contributed by atoms with van der Waals surface area (Å²) in [5, 5.41) is 13.0. The van der Waals surface area contributed by atoms with Gasteiger partial charge in [-0.2, -0.15) is 11.8 Å². The van der Waals surface area contributed by atoms with Gasteiger partial charge in [0.25, 0.3) is 0 Å². The van der Waals surface area contributed by atoms with Crippen LogP contribution in [0.5, 0.6) is 0 Å². The molecule has 1 amide bonds. The first-order valence-corrected chi connectivity index (χ1v) is 14.1. The second kappa shape index (κ2) is 25.1. The van der Waals surface area contributed by atoms with Crippen molar-refractivity contribution in [1.82, 2.24) is 15.4 Å². The molecule has 0 saturated carbocycles. The molecule has 0 aromatic heterocycles. The fourth-order valence-electron chi connectivity index (χ4n) is 2.48. The number of aliphatic carboxylic acids is 1. The lowest BCUT2D eigenvalue weighted by Crippen LogP contribution is -2.28. The third-order valence-electron chi connectivity index (χ3n) is 4.33. The van der Waals surface area contributed by atoms with Crippen molar-refractivity contribution in [3.05, 3.63) is 59.7 Å². The van der Waals surface area contributed by atoms with Crippen LogP contribution in [0.1, 0.15) is 31.4 Å². The van der Waals surface area contributed by atoms with Crippen molar-refractivity contribution >= 4 is 41.7 Å². The van der Waals surface area contributed by atoms with Gasteiger partial charge in [-0.05, 0) is 54.3 Å². The van der Waals surface area contributed by atoms with Gasteiger partial charge < -0.3 is 20.5 Å². The zero-order chi connectivity index (χ0) is 28.5. The second-order valence-corrected chi connectivity index (χ2v) is 9.25. The van der Waals surface area contributed by atoms with Crippen molar-refractivity contribution in [1.29, 1.82) is 0 Å². The molecular weight excluding hydrogens is 514 g/mol. The van der Waals surface area contributed by atoms with Gasteiger partial charge in [-0.15, -0.1) is 0 Å². The molecule has 0 saturated heterocycles. The van der Waals surface area contributed by atoms with Gasteiger partial charge in [0, 0.05) is 19.5 Å². The van der Waals surface area contributed by atoms with Crippen LogP contribution in [0.4, 0.5) is 0 Å². The number of hydrogen-bond donors (Lipinski definition) is 4. The maximum atomic E-state index is 11.8. The molecule has 2 aromatic carbocycles. The maximum absolute atomic E-state index is 11.8. The number of carbonyl (C=O) groups is 3. The number of carboxylic acid groups (broad SMARTS) is 1. The van der Waals surface area contributed by atoms with E-state index < -0.39 is 17.2 Å². The standard InChI is InChI=1S/C19H24N2O3S.C3H7NO2.C3H8S.CH2O/c1-3-19(22)20-11-12-24-25(23)21-14-16-10-9-15(2)18(13-16)17-7-5-4-6-8-17;1-4-2-3(5)6;1-3-4-2;1-2/h4-10,13,21H,3,11-12,14H2,1-2H3,(H,20,22);4H,2H2,1H3,(H,5,6);3H2,1-2H3;1H2. The van der Waals surface area contributed by atoms with Crippen molar-refractivity contribution in [2.75, 3.05) is 38.8 Å². The topological polar surface area (TPSA) is 134 Å². The summed E-state index contributed by atoms with van der Waals surface area (Å²) in [6.45, 7) is 9.03. The number of benzene rings is 2. The van der Waals surface area contributed by atoms with Gasteiger partial charge in [-0.3, -0.25) is 13.8 Å². The number of carbonyl (C=O) groups excluding carboxylic acids is 2. The van der Waals surface area contributed by atoms with Crippen molar-refractivity contribution in [3.8, 4) is 11.1 Å². The highest BCUT2D eigenvalue weighted by Gasteiger charge is 2.05. The molecule has 0 bridgehead atoms. The van der Waals surface area contributed by atoms with Gasteiger partial charge in [0.1, 0.15) is 6.79 Å². The summed E-state index contributed by atoms with van der Waals surface area (Å²) in [5.41, 5.74) is 4.54. The van der Waals surface area contributed by atoms with Gasteiger partial charge in [0.05, 0.1) is 13.2 Å². The fourth-order valence-corrected chi connectivity index (χ4v) is 3.08. The first-order chi connectivity index (χ1) is 17.8. The van der Waals surface area contributed by atoms with E-state index in [1.165, 1.54) is 11.3 Å². The van der Waals surface area contributed by atoms with E-state index in [1.54, 1.807) is 14.0 Å². The quantitative estimate of drug-likeness (QED) is 0.293. The predicted molar refractivity (Wildman–Crippen MR) is 154 cm³/mol. The summed E-state index contributed by atoms with van der Waals surface area (Å²) in [4.78, 5) is 28.6. The molecule has 0 radical (unpaired) electrons. The van der Waals surface area contributed by atoms with Crippen LogP contribution in [0.2, 0.25) is 0 Å². The highest BCUT2D eigenvalue weighted by atomic mass is 32.2. The molecule has 0 aliphatic heterocycles. The lowest BCUT2D eigenvalue weighted by Gasteiger charge is -2.10. The number of likely N-dealkylation sites (N-methyl/N-ethyl adjacent to an activating group) is 1. The lowest BCUT2D eigenvalue weighted by molar-refractivity contribution is -0.135. The van der Waals surface area contributed by atoms with E-state index in [2.05, 4.69) is 59.7 Å². The summed E-state index contributed by atoms with van der Waals surface area (Å²) < 4.78 is 19.8. The van der Waals surface area contributed by atoms with Gasteiger partial charge in [-0.25, -0.2) is 8.93 Å². The van der Waals surface area contributed by atoms with Crippen molar-refractivity contribution in [3.63, 3.8) is 0 Å². The SMILES string of the molecule is C=O.CCC(=O)NCCOS(=O)NCc1ccc(C)c(-c2ccccc2)c1.CCSC.CNCC(=O)O. The molecule has 9 nitrogen and oxygen atoms in total. The number of rotatable bonds is 12. The average molecular weight is 556 g/mol. The van der Waals surface area contributed by atoms with Gasteiger partial charge >= 0.3 is 5.97 Å². The molecular formula is C26H41N3O6S2. The third-order valence-corrected chi connectivity index (χ3v) is 5.67. The Hall–Kier alpha value is -2.57. The first-order valence-electron chi connectivity index (χ1n) is 11.6. The highest BCUT2D eigenvalue weighted by molar-refractivity contribution is 7.98. The predicted octanol–water partition coefficient (Wildman–Crippen LogP) is 3.35. The normalized spacial score (nSPS) is 10.3. The molecule has 1 unspecified atom stereocenters. The van der Waals surface area contributed by atoms with E-state index in [9.17, 15) is 13.8 Å². The maximum Gasteiger partial charge on any atom is 0.317 e. The van der Waals surface area contributed by atoms with E-state index in [1.807, 2.05) is 42.8 Å². The molecule has 4 N–H and O–H groups in total. The van der Waals surface area contributed by atoms with Crippen LogP contribution >= 0.6 is 11.8 Å². The number of carboxylic acids is 1. The van der Waals surface area contributed by atoms with Crippen LogP contribution in [0.25, 0.3) is 11.1 Å². The van der Waals surface area contributed by atoms with Crippen LogP contribution in [-0.4, -0.2) is 66.7 Å². The van der Waals surface area contributed by atoms with Gasteiger partial charge in [0.2, 0.25) is 17.2 Å². The van der Waals surface area contributed by atoms with Gasteiger partial charge in [-0.1, -0.05) is 56.3 Å². The summed E-state index contributed by atoms with van der Waals surface area (Å²) in [6, 6.07) is 16.3. The minimum absolute atomic E-state index is 0.0417. The number of nitrogens with one attached hydrogen (secondary N) is 3. The van der Waals surface area contributed by atoms with E-state index in [-0.39, 0.29) is 19.1 Å². The fraction of sp³-hybridized carbons (Fsp3) is 0.423. The summed E-state index contributed by atoms with van der Waals surface area (Å²) in [5.74, 6) is 0.368. The summed E-state index contributed by atoms with van der Waals surface area (Å²) in [6.07, 6.45) is 2.53. The van der Waals surface area contributed by atoms with Gasteiger partial charge in [0.15, 0.2) is 0 Å². The van der Waals surface area contributed by atoms with Crippen molar-refractivity contribution in [2.45, 2.75) is 33.7 Å². The van der Waals surface area contributed by atoms with Crippen LogP contribution in [-0.2, 0) is 36.4 Å². The Morgan fingerprint density at radius 3 is 2.22 bits per heavy atom. The molecule has 0 spiro atoms. The highest BCUT2D eigenvalue weighted by Crippen LogP contribution is 2.24. The third kappa shape index (κ3) is 20.2. The molecule has 208 valence electrons. The monoisotopic (exact) mass is 555 g/mol. The number of amides is 1. The largest absolute Gasteiger partial charge is 0.480 e. The molecule has 0 aliphatic rings. The Kier molecular flexibility index (Phi) is 24.8. The van der Waals surface area contributed by atoms with Crippen LogP contribution in [0.3, 0.4) is 0 Å². The Balaban J connectivity index is 0. The number of thioether (sulfide) groups is 1. The first kappa shape index (κ1) is 36.6. The van der Waals surface area contributed by atoms with Crippen LogP contribution in [0.15, 0.2) is 48.5 Å². The molecule has 2 aromatic rings. The molecule has 1 atom stereocenters. The average Bonchev–Trinajstić information content (AvgIpc) is 2.92. The molecule has 0 fully saturated rings. The van der Waals surface area contributed by atoms with Crippen LogP contribution < -0.4 is 15.4 Å². The minimum Gasteiger partial charge on any atom is -0.480 e. The summed E-state index contributed by atoms with van der Waals surface area (Å²) >= 11 is 0.262. The van der Waals surface area contributed by atoms with Crippen molar-refractivity contribution in [2.24, 2.45) is 0 Å². The Labute approximate surface area is 227 Å². The Morgan fingerprint density at radius 2 is 1.73 bits per heavy atom. The molecule has 0 heterocycles. The van der Waals surface area contributed by atoms with E-state index in [0.29, 0.717) is 19.5 Å². The van der Waals surface area contributed by atoms with Crippen LogP contribution in [0, 0.1) is 6.92 Å². The molecule has 2 rings (SSSR count). The second-order valence-electron chi connectivity index (χ2n) is 7.10. The zero-order valence-electron chi connectivity index (χ0n) is 22.4. The number of aryl methyl sites for hydroxylation is 1. The molecule has 11 heteroatoms. The Morgan fingerprint density at radius 1 is 1.11 bits per heavy atom. The minimum atomic E-state index is -1.59. The van der Waals surface area contributed by atoms with Crippen molar-refractivity contribution < 1.29 is 27.9 Å². The van der Waals surface area contributed by atoms with E-state index in [0.717, 1.165) is 16.7 Å². The summed E-state index contributed by atoms with van der Waals surface area (Å²) in [7, 11) is 1.59. The van der Waals surface area contributed by atoms with E-state index >= 15 is 0 Å².